The minimum atomic E-state index is -0.0540. The fraction of sp³-hybridized carbons (Fsp3) is 0.273. The molecule has 0 unspecified atom stereocenters. The minimum absolute atomic E-state index is 0.0458. The van der Waals surface area contributed by atoms with Gasteiger partial charge in [-0.15, -0.1) is 5.10 Å². The Bertz CT molecular complexity index is 616. The van der Waals surface area contributed by atoms with Gasteiger partial charge >= 0.3 is 0 Å². The first-order valence-corrected chi connectivity index (χ1v) is 7.21. The van der Waals surface area contributed by atoms with E-state index in [1.165, 1.54) is 6.20 Å². The van der Waals surface area contributed by atoms with Crippen LogP contribution in [0.1, 0.15) is 18.0 Å². The molecular weight excluding hydrogens is 378 g/mol. The van der Waals surface area contributed by atoms with Crippen molar-refractivity contribution in [2.24, 2.45) is 5.92 Å². The average molecular weight is 387 g/mol. The maximum atomic E-state index is 12.0. The molecule has 0 saturated heterocycles. The van der Waals surface area contributed by atoms with E-state index >= 15 is 0 Å². The SMILES string of the molecule is O=C(Nc1cn[nH]n1)[C@@H]1C[C@H]1c1ncc(Br)cc1Br. The van der Waals surface area contributed by atoms with Crippen molar-refractivity contribution < 1.29 is 4.79 Å². The highest BCUT2D eigenvalue weighted by Crippen LogP contribution is 2.49. The Morgan fingerprint density at radius 1 is 1.42 bits per heavy atom. The Morgan fingerprint density at radius 2 is 2.26 bits per heavy atom. The molecule has 2 aromatic heterocycles. The average Bonchev–Trinajstić information content (AvgIpc) is 2.99. The number of hydrogen-bond donors (Lipinski definition) is 2. The molecule has 0 radical (unpaired) electrons. The minimum Gasteiger partial charge on any atom is -0.308 e. The van der Waals surface area contributed by atoms with Crippen molar-refractivity contribution in [1.82, 2.24) is 20.4 Å². The zero-order valence-corrected chi connectivity index (χ0v) is 12.8. The molecule has 8 heteroatoms. The summed E-state index contributed by atoms with van der Waals surface area (Å²) >= 11 is 6.83. The smallest absolute Gasteiger partial charge is 0.229 e. The summed E-state index contributed by atoms with van der Waals surface area (Å²) in [7, 11) is 0. The van der Waals surface area contributed by atoms with Crippen LogP contribution in [0.4, 0.5) is 5.82 Å². The number of H-pyrrole nitrogens is 1. The van der Waals surface area contributed by atoms with Crippen molar-refractivity contribution in [3.8, 4) is 0 Å². The standard InChI is InChI=1S/C11H9Br2N5O/c12-5-1-8(13)10(14-3-5)6-2-7(6)11(19)16-9-4-15-18-17-9/h1,3-4,6-7H,2H2,(H2,15,16,17,18,19)/t6-,7-/m1/s1. The summed E-state index contributed by atoms with van der Waals surface area (Å²) in [6, 6.07) is 1.94. The number of hydrogen-bond acceptors (Lipinski definition) is 4. The van der Waals surface area contributed by atoms with Crippen LogP contribution in [0.5, 0.6) is 0 Å². The molecule has 2 N–H and O–H groups in total. The molecule has 0 bridgehead atoms. The molecule has 0 aromatic carbocycles. The molecule has 98 valence electrons. The lowest BCUT2D eigenvalue weighted by Gasteiger charge is -2.03. The predicted molar refractivity (Wildman–Crippen MR) is 75.5 cm³/mol. The maximum Gasteiger partial charge on any atom is 0.229 e. The number of nitrogens with zero attached hydrogens (tertiary/aromatic N) is 3. The zero-order valence-electron chi connectivity index (χ0n) is 9.60. The van der Waals surface area contributed by atoms with E-state index in [0.717, 1.165) is 21.1 Å². The van der Waals surface area contributed by atoms with Gasteiger partial charge in [0.25, 0.3) is 0 Å². The number of pyridine rings is 1. The fourth-order valence-corrected chi connectivity index (χ4v) is 3.25. The normalized spacial score (nSPS) is 21.2. The van der Waals surface area contributed by atoms with Crippen LogP contribution in [0, 0.1) is 5.92 Å². The molecule has 3 rings (SSSR count). The molecule has 1 aliphatic carbocycles. The summed E-state index contributed by atoms with van der Waals surface area (Å²) in [5.74, 6) is 0.505. The first-order chi connectivity index (χ1) is 9.15. The highest BCUT2D eigenvalue weighted by molar-refractivity contribution is 9.11. The molecule has 2 aromatic rings. The summed E-state index contributed by atoms with van der Waals surface area (Å²) in [6.45, 7) is 0. The Labute approximate surface area is 125 Å². The first-order valence-electron chi connectivity index (χ1n) is 5.62. The molecule has 2 atom stereocenters. The fourth-order valence-electron chi connectivity index (χ4n) is 1.97. The van der Waals surface area contributed by atoms with E-state index in [1.807, 2.05) is 6.07 Å². The maximum absolute atomic E-state index is 12.0. The van der Waals surface area contributed by atoms with E-state index in [1.54, 1.807) is 6.20 Å². The molecule has 6 nitrogen and oxygen atoms in total. The Morgan fingerprint density at radius 3 is 2.95 bits per heavy atom. The number of halogens is 2. The first kappa shape index (κ1) is 12.7. The van der Waals surface area contributed by atoms with Crippen LogP contribution in [-0.4, -0.2) is 26.3 Å². The lowest BCUT2D eigenvalue weighted by molar-refractivity contribution is -0.117. The third-order valence-electron chi connectivity index (χ3n) is 2.98. The summed E-state index contributed by atoms with van der Waals surface area (Å²) in [6.07, 6.45) is 4.02. The zero-order chi connectivity index (χ0) is 13.4. The van der Waals surface area contributed by atoms with Crippen molar-refractivity contribution in [2.45, 2.75) is 12.3 Å². The number of carbonyl (C=O) groups excluding carboxylic acids is 1. The highest BCUT2D eigenvalue weighted by Gasteiger charge is 2.46. The van der Waals surface area contributed by atoms with E-state index in [0.29, 0.717) is 5.82 Å². The van der Waals surface area contributed by atoms with Gasteiger partial charge in [0.15, 0.2) is 5.82 Å². The summed E-state index contributed by atoms with van der Waals surface area (Å²) in [5.41, 5.74) is 0.920. The molecule has 19 heavy (non-hydrogen) atoms. The van der Waals surface area contributed by atoms with Gasteiger partial charge in [0, 0.05) is 27.0 Å². The van der Waals surface area contributed by atoms with Gasteiger partial charge in [0.1, 0.15) is 0 Å². The van der Waals surface area contributed by atoms with E-state index in [-0.39, 0.29) is 17.7 Å². The topological polar surface area (TPSA) is 83.6 Å². The van der Waals surface area contributed by atoms with Gasteiger partial charge in [0.2, 0.25) is 5.91 Å². The summed E-state index contributed by atoms with van der Waals surface area (Å²) < 4.78 is 1.83. The van der Waals surface area contributed by atoms with Crippen LogP contribution in [-0.2, 0) is 4.79 Å². The van der Waals surface area contributed by atoms with Crippen LogP contribution in [0.2, 0.25) is 0 Å². The number of aromatic nitrogens is 4. The van der Waals surface area contributed by atoms with E-state index in [2.05, 4.69) is 57.6 Å². The van der Waals surface area contributed by atoms with Gasteiger partial charge < -0.3 is 5.32 Å². The Kier molecular flexibility index (Phi) is 3.36. The van der Waals surface area contributed by atoms with Gasteiger partial charge in [-0.3, -0.25) is 9.78 Å². The molecule has 2 heterocycles. The van der Waals surface area contributed by atoms with E-state index in [4.69, 9.17) is 0 Å². The van der Waals surface area contributed by atoms with Crippen LogP contribution < -0.4 is 5.32 Å². The second kappa shape index (κ2) is 5.01. The number of nitrogens with one attached hydrogen (secondary N) is 2. The molecule has 1 saturated carbocycles. The second-order valence-corrected chi connectivity index (χ2v) is 6.08. The molecule has 1 fully saturated rings. The summed E-state index contributed by atoms with van der Waals surface area (Å²) in [5, 5.41) is 12.6. The van der Waals surface area contributed by atoms with Gasteiger partial charge in [-0.2, -0.15) is 10.3 Å². The molecule has 0 aliphatic heterocycles. The van der Waals surface area contributed by atoms with Crippen LogP contribution >= 0.6 is 31.9 Å². The van der Waals surface area contributed by atoms with Crippen molar-refractivity contribution in [2.75, 3.05) is 5.32 Å². The van der Waals surface area contributed by atoms with Gasteiger partial charge in [-0.05, 0) is 44.3 Å². The third-order valence-corrected chi connectivity index (χ3v) is 4.05. The van der Waals surface area contributed by atoms with Gasteiger partial charge in [-0.1, -0.05) is 0 Å². The van der Waals surface area contributed by atoms with Crippen LogP contribution in [0.3, 0.4) is 0 Å². The highest BCUT2D eigenvalue weighted by atomic mass is 79.9. The number of anilines is 1. The third kappa shape index (κ3) is 2.69. The largest absolute Gasteiger partial charge is 0.308 e. The second-order valence-electron chi connectivity index (χ2n) is 4.31. The monoisotopic (exact) mass is 385 g/mol. The molecular formula is C11H9Br2N5O. The lowest BCUT2D eigenvalue weighted by Crippen LogP contribution is -2.15. The lowest BCUT2D eigenvalue weighted by atomic mass is 10.2. The van der Waals surface area contributed by atoms with E-state index in [9.17, 15) is 4.79 Å². The van der Waals surface area contributed by atoms with Gasteiger partial charge in [-0.25, -0.2) is 0 Å². The van der Waals surface area contributed by atoms with Crippen molar-refractivity contribution in [1.29, 1.82) is 0 Å². The molecule has 0 spiro atoms. The quantitative estimate of drug-likeness (QED) is 0.848. The van der Waals surface area contributed by atoms with Crippen molar-refractivity contribution in [3.63, 3.8) is 0 Å². The summed E-state index contributed by atoms with van der Waals surface area (Å²) in [4.78, 5) is 16.4. The Balaban J connectivity index is 1.69. The number of aromatic amines is 1. The number of rotatable bonds is 3. The van der Waals surface area contributed by atoms with E-state index < -0.39 is 0 Å². The molecule has 1 aliphatic rings. The number of carbonyl (C=O) groups is 1. The van der Waals surface area contributed by atoms with Crippen LogP contribution in [0.25, 0.3) is 0 Å². The van der Waals surface area contributed by atoms with Gasteiger partial charge in [0.05, 0.1) is 11.9 Å². The molecule has 1 amide bonds. The van der Waals surface area contributed by atoms with Crippen molar-refractivity contribution in [3.05, 3.63) is 33.1 Å². The Hall–Kier alpha value is -1.28. The number of amides is 1. The van der Waals surface area contributed by atoms with Crippen LogP contribution in [0.15, 0.2) is 27.4 Å². The van der Waals surface area contributed by atoms with Crippen molar-refractivity contribution >= 4 is 43.6 Å². The predicted octanol–water partition coefficient (Wildman–Crippen LogP) is 2.47.